The summed E-state index contributed by atoms with van der Waals surface area (Å²) in [6.07, 6.45) is 0. The Balaban J connectivity index is 2.17. The summed E-state index contributed by atoms with van der Waals surface area (Å²) in [5, 5.41) is 12.7. The minimum Gasteiger partial charge on any atom is -0.450 e. The van der Waals surface area contributed by atoms with Gasteiger partial charge >= 0.3 is 5.97 Å². The number of hydrogen-bond donors (Lipinski definition) is 2. The van der Waals surface area contributed by atoms with Gasteiger partial charge in [0.2, 0.25) is 5.91 Å². The van der Waals surface area contributed by atoms with Gasteiger partial charge in [-0.2, -0.15) is 5.26 Å². The van der Waals surface area contributed by atoms with E-state index in [9.17, 15) is 14.9 Å². The summed E-state index contributed by atoms with van der Waals surface area (Å²) in [5.74, 6) is -0.950. The number of hydrogen-bond acceptors (Lipinski definition) is 6. The number of cyclic esters (lactones) is 1. The molecule has 0 aromatic heterocycles. The predicted molar refractivity (Wildman–Crippen MR) is 88.7 cm³/mol. The average molecular weight is 336 g/mol. The van der Waals surface area contributed by atoms with E-state index < -0.39 is 22.9 Å². The molecule has 126 valence electrons. The number of nitrogens with two attached hydrogens (primary N) is 1. The number of carbonyl (C=O) groups is 2. The number of carbonyl (C=O) groups excluding carboxylic acids is 2. The highest BCUT2D eigenvalue weighted by Gasteiger charge is 2.64. The third kappa shape index (κ3) is 1.54. The SMILES string of the molecule is CN1C(=O)[C@@]2(C(C#N)=C(N)NC3=C2C(=O)OC3(C)C)c2ccccc21. The molecule has 7 nitrogen and oxygen atoms in total. The van der Waals surface area contributed by atoms with Gasteiger partial charge in [-0.05, 0) is 19.9 Å². The predicted octanol–water partition coefficient (Wildman–Crippen LogP) is 0.787. The van der Waals surface area contributed by atoms with Crippen LogP contribution in [0, 0.1) is 11.3 Å². The normalized spacial score (nSPS) is 26.4. The monoisotopic (exact) mass is 336 g/mol. The number of anilines is 1. The number of esters is 1. The highest BCUT2D eigenvalue weighted by Crippen LogP contribution is 2.55. The fourth-order valence-electron chi connectivity index (χ4n) is 4.00. The van der Waals surface area contributed by atoms with E-state index in [1.807, 2.05) is 6.07 Å². The lowest BCUT2D eigenvalue weighted by atomic mass is 9.67. The molecule has 1 spiro atoms. The molecule has 0 saturated heterocycles. The van der Waals surface area contributed by atoms with Crippen LogP contribution in [0.2, 0.25) is 0 Å². The van der Waals surface area contributed by atoms with Crippen LogP contribution in [0.25, 0.3) is 0 Å². The third-order valence-corrected chi connectivity index (χ3v) is 5.09. The summed E-state index contributed by atoms with van der Waals surface area (Å²) < 4.78 is 5.48. The Morgan fingerprint density at radius 3 is 2.64 bits per heavy atom. The molecule has 0 unspecified atom stereocenters. The van der Waals surface area contributed by atoms with Gasteiger partial charge in [0.25, 0.3) is 0 Å². The number of nitrogens with one attached hydrogen (secondary N) is 1. The molecule has 0 radical (unpaired) electrons. The Labute approximate surface area is 144 Å². The molecular formula is C18H16N4O3. The number of likely N-dealkylation sites (N-methyl/N-ethyl adjacent to an activating group) is 1. The quantitative estimate of drug-likeness (QED) is 0.678. The first-order valence-corrected chi connectivity index (χ1v) is 7.80. The molecule has 0 saturated carbocycles. The minimum atomic E-state index is -1.57. The number of dihydropyridines is 1. The number of amides is 1. The number of benzene rings is 1. The number of para-hydroxylation sites is 1. The average Bonchev–Trinajstić information content (AvgIpc) is 2.92. The molecule has 3 aliphatic heterocycles. The van der Waals surface area contributed by atoms with Crippen molar-refractivity contribution in [2.75, 3.05) is 11.9 Å². The Bertz CT molecular complexity index is 967. The van der Waals surface area contributed by atoms with E-state index in [-0.39, 0.29) is 17.0 Å². The number of ether oxygens (including phenoxy) is 1. The zero-order valence-corrected chi connectivity index (χ0v) is 14.0. The molecule has 4 rings (SSSR count). The van der Waals surface area contributed by atoms with Crippen LogP contribution in [0.4, 0.5) is 5.69 Å². The van der Waals surface area contributed by atoms with Crippen molar-refractivity contribution in [1.82, 2.24) is 5.32 Å². The van der Waals surface area contributed by atoms with Gasteiger partial charge in [-0.15, -0.1) is 0 Å². The molecule has 25 heavy (non-hydrogen) atoms. The Morgan fingerprint density at radius 2 is 1.96 bits per heavy atom. The number of rotatable bonds is 0. The Kier molecular flexibility index (Phi) is 2.70. The highest BCUT2D eigenvalue weighted by atomic mass is 16.6. The largest absolute Gasteiger partial charge is 0.450 e. The van der Waals surface area contributed by atoms with Gasteiger partial charge in [0.05, 0.1) is 16.8 Å². The molecular weight excluding hydrogens is 320 g/mol. The van der Waals surface area contributed by atoms with Crippen molar-refractivity contribution < 1.29 is 14.3 Å². The molecule has 0 fully saturated rings. The van der Waals surface area contributed by atoms with E-state index in [0.717, 1.165) is 0 Å². The summed E-state index contributed by atoms with van der Waals surface area (Å²) in [6.45, 7) is 3.43. The molecule has 0 aliphatic carbocycles. The number of fused-ring (bicyclic) bond motifs is 3. The molecule has 1 amide bonds. The van der Waals surface area contributed by atoms with Crippen molar-refractivity contribution in [3.8, 4) is 6.07 Å². The van der Waals surface area contributed by atoms with Gasteiger partial charge in [-0.25, -0.2) is 4.79 Å². The van der Waals surface area contributed by atoms with E-state index in [1.165, 1.54) is 4.90 Å². The maximum Gasteiger partial charge on any atom is 0.338 e. The molecule has 7 heteroatoms. The van der Waals surface area contributed by atoms with Crippen molar-refractivity contribution in [2.45, 2.75) is 24.9 Å². The third-order valence-electron chi connectivity index (χ3n) is 5.09. The summed E-state index contributed by atoms with van der Waals surface area (Å²) >= 11 is 0. The van der Waals surface area contributed by atoms with Gasteiger partial charge in [0, 0.05) is 18.3 Å². The maximum atomic E-state index is 13.4. The van der Waals surface area contributed by atoms with Gasteiger partial charge in [0.1, 0.15) is 22.9 Å². The van der Waals surface area contributed by atoms with E-state index >= 15 is 0 Å². The molecule has 3 N–H and O–H groups in total. The van der Waals surface area contributed by atoms with Crippen LogP contribution in [0.3, 0.4) is 0 Å². The summed E-state index contributed by atoms with van der Waals surface area (Å²) in [4.78, 5) is 27.6. The van der Waals surface area contributed by atoms with Gasteiger partial charge in [-0.1, -0.05) is 18.2 Å². The van der Waals surface area contributed by atoms with Gasteiger partial charge in [0.15, 0.2) is 0 Å². The Hall–Kier alpha value is -3.27. The molecule has 1 aromatic rings. The zero-order valence-electron chi connectivity index (χ0n) is 14.0. The molecule has 1 aromatic carbocycles. The van der Waals surface area contributed by atoms with Gasteiger partial charge < -0.3 is 20.7 Å². The number of nitrogens with zero attached hydrogens (tertiary/aromatic N) is 2. The lowest BCUT2D eigenvalue weighted by Crippen LogP contribution is -2.49. The van der Waals surface area contributed by atoms with Crippen LogP contribution in [-0.2, 0) is 19.7 Å². The summed E-state index contributed by atoms with van der Waals surface area (Å²) in [7, 11) is 1.62. The lowest BCUT2D eigenvalue weighted by molar-refractivity contribution is -0.145. The van der Waals surface area contributed by atoms with Crippen molar-refractivity contribution >= 4 is 17.6 Å². The summed E-state index contributed by atoms with van der Waals surface area (Å²) in [6, 6.07) is 9.14. The standard InChI is InChI=1S/C18H16N4O3/c1-17(2)13-12(15(23)25-17)18(10(8-19)14(20)21-13)9-6-4-5-7-11(9)22(3)16(18)24/h4-7,21H,20H2,1-3H3/t18-/m1/s1. The van der Waals surface area contributed by atoms with Crippen molar-refractivity contribution in [2.24, 2.45) is 5.73 Å². The zero-order chi connectivity index (χ0) is 18.1. The molecule has 3 heterocycles. The van der Waals surface area contributed by atoms with Crippen LogP contribution in [0.5, 0.6) is 0 Å². The van der Waals surface area contributed by atoms with E-state index in [1.54, 1.807) is 45.2 Å². The van der Waals surface area contributed by atoms with E-state index in [0.29, 0.717) is 16.9 Å². The summed E-state index contributed by atoms with van der Waals surface area (Å²) in [5.41, 5.74) is 5.34. The fourth-order valence-corrected chi connectivity index (χ4v) is 4.00. The lowest BCUT2D eigenvalue weighted by Gasteiger charge is -2.34. The van der Waals surface area contributed by atoms with Crippen molar-refractivity contribution in [3.63, 3.8) is 0 Å². The first-order valence-electron chi connectivity index (χ1n) is 7.80. The minimum absolute atomic E-state index is 0.0164. The highest BCUT2D eigenvalue weighted by molar-refractivity contribution is 6.19. The fraction of sp³-hybridized carbons (Fsp3) is 0.278. The second-order valence-electron chi connectivity index (χ2n) is 6.81. The molecule has 1 atom stereocenters. The maximum absolute atomic E-state index is 13.4. The van der Waals surface area contributed by atoms with Crippen molar-refractivity contribution in [3.05, 3.63) is 52.5 Å². The van der Waals surface area contributed by atoms with Crippen molar-refractivity contribution in [1.29, 1.82) is 5.26 Å². The van der Waals surface area contributed by atoms with Crippen LogP contribution >= 0.6 is 0 Å². The topological polar surface area (TPSA) is 108 Å². The number of nitriles is 1. The first kappa shape index (κ1) is 15.3. The van der Waals surface area contributed by atoms with E-state index in [2.05, 4.69) is 5.32 Å². The van der Waals surface area contributed by atoms with E-state index in [4.69, 9.17) is 10.5 Å². The molecule has 3 aliphatic rings. The van der Waals surface area contributed by atoms with Crippen LogP contribution in [0.15, 0.2) is 46.9 Å². The van der Waals surface area contributed by atoms with Gasteiger partial charge in [-0.3, -0.25) is 4.79 Å². The smallest absolute Gasteiger partial charge is 0.338 e. The first-order chi connectivity index (χ1) is 11.8. The molecule has 0 bridgehead atoms. The van der Waals surface area contributed by atoms with Crippen LogP contribution < -0.4 is 16.0 Å². The second-order valence-corrected chi connectivity index (χ2v) is 6.81. The second kappa shape index (κ2) is 4.42. The Morgan fingerprint density at radius 1 is 1.28 bits per heavy atom. The van der Waals surface area contributed by atoms with Crippen LogP contribution in [-0.4, -0.2) is 24.5 Å². The van der Waals surface area contributed by atoms with Crippen LogP contribution in [0.1, 0.15) is 19.4 Å².